The van der Waals surface area contributed by atoms with Crippen LogP contribution in [-0.4, -0.2) is 21.1 Å². The van der Waals surface area contributed by atoms with E-state index in [2.05, 4.69) is 4.72 Å². The van der Waals surface area contributed by atoms with Gasteiger partial charge in [0, 0.05) is 11.6 Å². The van der Waals surface area contributed by atoms with E-state index in [-0.39, 0.29) is 10.6 Å². The van der Waals surface area contributed by atoms with E-state index in [9.17, 15) is 12.8 Å². The van der Waals surface area contributed by atoms with Crippen LogP contribution in [0.25, 0.3) is 0 Å². The van der Waals surface area contributed by atoms with Crippen molar-refractivity contribution in [2.45, 2.75) is 31.2 Å². The molecule has 0 bridgehead atoms. The molecule has 0 heterocycles. The molecule has 0 aliphatic carbocycles. The van der Waals surface area contributed by atoms with E-state index >= 15 is 0 Å². The largest absolute Gasteiger partial charge is 0.494 e. The molecule has 0 aromatic heterocycles. The first kappa shape index (κ1) is 13.9. The van der Waals surface area contributed by atoms with Crippen LogP contribution in [0.4, 0.5) is 4.39 Å². The second kappa shape index (κ2) is 4.62. The van der Waals surface area contributed by atoms with Gasteiger partial charge in [0.05, 0.1) is 12.0 Å². The van der Waals surface area contributed by atoms with E-state index in [4.69, 9.17) is 4.74 Å². The lowest BCUT2D eigenvalue weighted by Crippen LogP contribution is -2.40. The van der Waals surface area contributed by atoms with Gasteiger partial charge in [0.25, 0.3) is 0 Å². The molecule has 1 aromatic carbocycles. The SMILES string of the molecule is COc1cc(S(=O)(=O)NC(C)(C)C)ccc1F. The van der Waals surface area contributed by atoms with E-state index in [0.717, 1.165) is 12.1 Å². The first-order valence-electron chi connectivity index (χ1n) is 5.03. The molecule has 6 heteroatoms. The van der Waals surface area contributed by atoms with Crippen LogP contribution in [0.1, 0.15) is 20.8 Å². The third kappa shape index (κ3) is 3.67. The van der Waals surface area contributed by atoms with Gasteiger partial charge in [-0.05, 0) is 32.9 Å². The molecule has 0 unspecified atom stereocenters. The molecule has 0 spiro atoms. The second-order valence-electron chi connectivity index (χ2n) is 4.65. The van der Waals surface area contributed by atoms with Crippen molar-refractivity contribution in [2.75, 3.05) is 7.11 Å². The molecule has 96 valence electrons. The Hall–Kier alpha value is -1.14. The van der Waals surface area contributed by atoms with Crippen LogP contribution in [-0.2, 0) is 10.0 Å². The molecular weight excluding hydrogens is 245 g/mol. The summed E-state index contributed by atoms with van der Waals surface area (Å²) in [7, 11) is -2.38. The molecule has 0 fully saturated rings. The molecule has 0 radical (unpaired) electrons. The van der Waals surface area contributed by atoms with E-state index < -0.39 is 21.4 Å². The predicted molar refractivity (Wildman–Crippen MR) is 63.0 cm³/mol. The smallest absolute Gasteiger partial charge is 0.241 e. The number of halogens is 1. The topological polar surface area (TPSA) is 55.4 Å². The third-order valence-electron chi connectivity index (χ3n) is 1.87. The first-order valence-corrected chi connectivity index (χ1v) is 6.51. The minimum absolute atomic E-state index is 0.0225. The Bertz CT molecular complexity index is 506. The Balaban J connectivity index is 3.16. The summed E-state index contributed by atoms with van der Waals surface area (Å²) in [6.45, 7) is 5.18. The molecule has 17 heavy (non-hydrogen) atoms. The van der Waals surface area contributed by atoms with Gasteiger partial charge in [-0.15, -0.1) is 0 Å². The molecular formula is C11H16FNO3S. The summed E-state index contributed by atoms with van der Waals surface area (Å²) in [5, 5.41) is 0. The fourth-order valence-electron chi connectivity index (χ4n) is 1.27. The van der Waals surface area contributed by atoms with Gasteiger partial charge in [0.2, 0.25) is 10.0 Å². The maximum Gasteiger partial charge on any atom is 0.241 e. The summed E-state index contributed by atoms with van der Waals surface area (Å²) in [6, 6.07) is 3.42. The molecule has 1 aromatic rings. The lowest BCUT2D eigenvalue weighted by molar-refractivity contribution is 0.385. The van der Waals surface area contributed by atoms with Gasteiger partial charge in [-0.1, -0.05) is 0 Å². The van der Waals surface area contributed by atoms with Crippen LogP contribution in [0, 0.1) is 5.82 Å². The molecule has 0 aliphatic heterocycles. The highest BCUT2D eigenvalue weighted by Crippen LogP contribution is 2.22. The van der Waals surface area contributed by atoms with Crippen LogP contribution >= 0.6 is 0 Å². The van der Waals surface area contributed by atoms with Gasteiger partial charge in [0.1, 0.15) is 0 Å². The number of ether oxygens (including phenoxy) is 1. The van der Waals surface area contributed by atoms with Crippen molar-refractivity contribution in [1.82, 2.24) is 4.72 Å². The Kier molecular flexibility index (Phi) is 3.78. The van der Waals surface area contributed by atoms with E-state index in [1.807, 2.05) is 0 Å². The van der Waals surface area contributed by atoms with Gasteiger partial charge in [0.15, 0.2) is 11.6 Å². The summed E-state index contributed by atoms with van der Waals surface area (Å²) in [4.78, 5) is -0.0225. The van der Waals surface area contributed by atoms with Crippen molar-refractivity contribution < 1.29 is 17.5 Å². The number of rotatable bonds is 3. The van der Waals surface area contributed by atoms with Crippen molar-refractivity contribution in [3.63, 3.8) is 0 Å². The van der Waals surface area contributed by atoms with E-state index in [1.165, 1.54) is 13.2 Å². The van der Waals surface area contributed by atoms with Gasteiger partial charge in [-0.3, -0.25) is 0 Å². The normalized spacial score (nSPS) is 12.5. The highest BCUT2D eigenvalue weighted by atomic mass is 32.2. The third-order valence-corrected chi connectivity index (χ3v) is 3.63. The number of benzene rings is 1. The molecule has 0 aliphatic rings. The summed E-state index contributed by atoms with van der Waals surface area (Å²) >= 11 is 0. The molecule has 0 saturated carbocycles. The highest BCUT2D eigenvalue weighted by molar-refractivity contribution is 7.89. The number of methoxy groups -OCH3 is 1. The Morgan fingerprint density at radius 3 is 2.35 bits per heavy atom. The Morgan fingerprint density at radius 2 is 1.88 bits per heavy atom. The number of hydrogen-bond donors (Lipinski definition) is 1. The van der Waals surface area contributed by atoms with Crippen molar-refractivity contribution in [3.05, 3.63) is 24.0 Å². The fraction of sp³-hybridized carbons (Fsp3) is 0.455. The van der Waals surface area contributed by atoms with Gasteiger partial charge in [-0.25, -0.2) is 17.5 Å². The molecule has 0 amide bonds. The number of nitrogens with one attached hydrogen (secondary N) is 1. The lowest BCUT2D eigenvalue weighted by atomic mass is 10.1. The summed E-state index contributed by atoms with van der Waals surface area (Å²) < 4.78 is 44.3. The Morgan fingerprint density at radius 1 is 1.29 bits per heavy atom. The predicted octanol–water partition coefficient (Wildman–Crippen LogP) is 1.91. The van der Waals surface area contributed by atoms with Crippen LogP contribution < -0.4 is 9.46 Å². The second-order valence-corrected chi connectivity index (χ2v) is 6.33. The zero-order valence-corrected chi connectivity index (χ0v) is 11.1. The zero-order chi connectivity index (χ0) is 13.3. The van der Waals surface area contributed by atoms with E-state index in [0.29, 0.717) is 0 Å². The van der Waals surface area contributed by atoms with Crippen molar-refractivity contribution >= 4 is 10.0 Å². The minimum atomic E-state index is -3.66. The number of hydrogen-bond acceptors (Lipinski definition) is 3. The average molecular weight is 261 g/mol. The van der Waals surface area contributed by atoms with Crippen molar-refractivity contribution in [2.24, 2.45) is 0 Å². The standard InChI is InChI=1S/C11H16FNO3S/c1-11(2,3)13-17(14,15)8-5-6-9(12)10(7-8)16-4/h5-7,13H,1-4H3. The first-order chi connectivity index (χ1) is 7.65. The van der Waals surface area contributed by atoms with Gasteiger partial charge < -0.3 is 4.74 Å². The number of sulfonamides is 1. The summed E-state index contributed by atoms with van der Waals surface area (Å²) in [5.74, 6) is -0.691. The lowest BCUT2D eigenvalue weighted by Gasteiger charge is -2.20. The van der Waals surface area contributed by atoms with Crippen molar-refractivity contribution in [1.29, 1.82) is 0 Å². The molecule has 0 saturated heterocycles. The van der Waals surface area contributed by atoms with E-state index in [1.54, 1.807) is 20.8 Å². The summed E-state index contributed by atoms with van der Waals surface area (Å²) in [6.07, 6.45) is 0. The zero-order valence-electron chi connectivity index (χ0n) is 10.2. The van der Waals surface area contributed by atoms with Crippen LogP contribution in [0.15, 0.2) is 23.1 Å². The highest BCUT2D eigenvalue weighted by Gasteiger charge is 2.22. The maximum absolute atomic E-state index is 13.2. The van der Waals surface area contributed by atoms with Gasteiger partial charge >= 0.3 is 0 Å². The molecule has 1 rings (SSSR count). The fourth-order valence-corrected chi connectivity index (χ4v) is 2.70. The van der Waals surface area contributed by atoms with Crippen LogP contribution in [0.2, 0.25) is 0 Å². The molecule has 1 N–H and O–H groups in total. The van der Waals surface area contributed by atoms with Crippen molar-refractivity contribution in [3.8, 4) is 5.75 Å². The minimum Gasteiger partial charge on any atom is -0.494 e. The molecule has 0 atom stereocenters. The van der Waals surface area contributed by atoms with Gasteiger partial charge in [-0.2, -0.15) is 0 Å². The monoisotopic (exact) mass is 261 g/mol. The molecule has 4 nitrogen and oxygen atoms in total. The Labute approximate surface area is 101 Å². The van der Waals surface area contributed by atoms with Crippen LogP contribution in [0.5, 0.6) is 5.75 Å². The average Bonchev–Trinajstić information content (AvgIpc) is 2.14. The maximum atomic E-state index is 13.2. The van der Waals surface area contributed by atoms with Crippen LogP contribution in [0.3, 0.4) is 0 Å². The quantitative estimate of drug-likeness (QED) is 0.904. The summed E-state index contributed by atoms with van der Waals surface area (Å²) in [5.41, 5.74) is -0.597.